The molecule has 0 heterocycles. The van der Waals surface area contributed by atoms with Crippen molar-refractivity contribution >= 4 is 35.1 Å². The molecule has 0 fully saturated rings. The lowest BCUT2D eigenvalue weighted by Crippen LogP contribution is -2.24. The van der Waals surface area contributed by atoms with E-state index < -0.39 is 10.3 Å². The van der Waals surface area contributed by atoms with E-state index in [2.05, 4.69) is 0 Å². The molecule has 0 N–H and O–H groups in total. The Balaban J connectivity index is 4.12. The Morgan fingerprint density at radius 1 is 1.00 bits per heavy atom. The number of carbonyl (C=O) groups is 2. The molecule has 0 aromatic heterocycles. The van der Waals surface area contributed by atoms with E-state index in [0.29, 0.717) is 0 Å². The van der Waals surface area contributed by atoms with Gasteiger partial charge in [-0.25, -0.2) is 0 Å². The zero-order chi connectivity index (χ0) is 15.8. The fraction of sp³-hybridized carbons (Fsp3) is 0.857. The van der Waals surface area contributed by atoms with Crippen molar-refractivity contribution < 1.29 is 19.1 Å². The molecule has 0 radical (unpaired) electrons. The summed E-state index contributed by atoms with van der Waals surface area (Å²) >= 11 is 12.1. The summed E-state index contributed by atoms with van der Waals surface area (Å²) in [6.45, 7) is 7.45. The van der Waals surface area contributed by atoms with E-state index in [1.165, 1.54) is 0 Å². The number of hydrogen-bond acceptors (Lipinski definition) is 4. The molecule has 0 aromatic carbocycles. The van der Waals surface area contributed by atoms with Crippen LogP contribution in [0.25, 0.3) is 0 Å². The van der Waals surface area contributed by atoms with Gasteiger partial charge >= 0.3 is 11.9 Å². The predicted octanol–water partition coefficient (Wildman–Crippen LogP) is 4.01. The van der Waals surface area contributed by atoms with Crippen molar-refractivity contribution in [3.8, 4) is 0 Å². The quantitative estimate of drug-likeness (QED) is 0.474. The van der Waals surface area contributed by atoms with E-state index in [4.69, 9.17) is 32.7 Å². The molecule has 2 unspecified atom stereocenters. The van der Waals surface area contributed by atoms with Gasteiger partial charge in [-0.15, -0.1) is 23.2 Å². The molecule has 4 nitrogen and oxygen atoms in total. The predicted molar refractivity (Wildman–Crippen MR) is 80.0 cm³/mol. The molecule has 20 heavy (non-hydrogen) atoms. The largest absolute Gasteiger partial charge is 0.463 e. The van der Waals surface area contributed by atoms with Gasteiger partial charge in [0.1, 0.15) is 4.33 Å². The Morgan fingerprint density at radius 2 is 1.45 bits per heavy atom. The summed E-state index contributed by atoms with van der Waals surface area (Å²) < 4.78 is 8.90. The molecule has 0 aromatic rings. The summed E-state index contributed by atoms with van der Waals surface area (Å²) in [5.74, 6) is -0.819. The summed E-state index contributed by atoms with van der Waals surface area (Å²) in [6.07, 6.45) is 1.27. The van der Waals surface area contributed by atoms with Crippen LogP contribution >= 0.6 is 23.2 Å². The van der Waals surface area contributed by atoms with Gasteiger partial charge in [-0.05, 0) is 33.1 Å². The summed E-state index contributed by atoms with van der Waals surface area (Å²) in [4.78, 5) is 23.1. The van der Waals surface area contributed by atoms with Crippen molar-refractivity contribution in [1.82, 2.24) is 0 Å². The van der Waals surface area contributed by atoms with Gasteiger partial charge in [0.05, 0.1) is 18.6 Å². The maximum Gasteiger partial charge on any atom is 0.309 e. The average molecular weight is 327 g/mol. The first-order valence-electron chi connectivity index (χ1n) is 6.97. The van der Waals surface area contributed by atoms with Gasteiger partial charge in [-0.1, -0.05) is 13.8 Å². The summed E-state index contributed by atoms with van der Waals surface area (Å²) in [5.41, 5.74) is 0. The van der Waals surface area contributed by atoms with Crippen LogP contribution in [0.3, 0.4) is 0 Å². The molecule has 0 spiro atoms. The van der Waals surface area contributed by atoms with Crippen molar-refractivity contribution in [2.75, 3.05) is 0 Å². The molecule has 0 aliphatic carbocycles. The zero-order valence-electron chi connectivity index (χ0n) is 12.6. The first-order chi connectivity index (χ1) is 9.20. The Morgan fingerprint density at radius 3 is 1.90 bits per heavy atom. The molecular formula is C14H24Cl2O4. The van der Waals surface area contributed by atoms with Gasteiger partial charge in [0.15, 0.2) is 0 Å². The van der Waals surface area contributed by atoms with Crippen molar-refractivity contribution in [3.63, 3.8) is 0 Å². The van der Waals surface area contributed by atoms with Gasteiger partial charge in [0.25, 0.3) is 0 Å². The Labute approximate surface area is 131 Å². The van der Waals surface area contributed by atoms with E-state index in [1.54, 1.807) is 6.92 Å². The Kier molecular flexibility index (Phi) is 9.23. The molecular weight excluding hydrogens is 303 g/mol. The molecule has 118 valence electrons. The fourth-order valence-electron chi connectivity index (χ4n) is 1.30. The maximum absolute atomic E-state index is 11.6. The van der Waals surface area contributed by atoms with E-state index in [0.717, 1.165) is 12.8 Å². The topological polar surface area (TPSA) is 52.6 Å². The lowest BCUT2D eigenvalue weighted by atomic mass is 10.1. The minimum atomic E-state index is -1.31. The highest BCUT2D eigenvalue weighted by Crippen LogP contribution is 2.31. The second-order valence-electron chi connectivity index (χ2n) is 4.95. The number of carbonyl (C=O) groups excluding carboxylic acids is 2. The van der Waals surface area contributed by atoms with Gasteiger partial charge in [-0.2, -0.15) is 0 Å². The number of rotatable bonds is 9. The lowest BCUT2D eigenvalue weighted by molar-refractivity contribution is -0.150. The molecule has 6 heteroatoms. The van der Waals surface area contributed by atoms with Crippen LogP contribution in [0.1, 0.15) is 59.8 Å². The van der Waals surface area contributed by atoms with Crippen LogP contribution in [0.15, 0.2) is 0 Å². The SMILES string of the molecule is CCC(C)OC(=O)CCC(Cl)(Cl)CC(=O)OC(C)CC. The third-order valence-electron chi connectivity index (χ3n) is 2.91. The fourth-order valence-corrected chi connectivity index (χ4v) is 1.71. The van der Waals surface area contributed by atoms with Crippen molar-refractivity contribution in [2.24, 2.45) is 0 Å². The highest BCUT2D eigenvalue weighted by molar-refractivity contribution is 6.49. The molecule has 0 aliphatic heterocycles. The standard InChI is InChI=1S/C14H24Cl2O4/c1-5-10(3)19-12(17)7-8-14(15,16)9-13(18)20-11(4)6-2/h10-11H,5-9H2,1-4H3. The summed E-state index contributed by atoms with van der Waals surface area (Å²) in [6, 6.07) is 0. The van der Waals surface area contributed by atoms with Crippen LogP contribution in [0.5, 0.6) is 0 Å². The van der Waals surface area contributed by atoms with Crippen LogP contribution in [-0.4, -0.2) is 28.5 Å². The molecule has 0 amide bonds. The Hall–Kier alpha value is -0.480. The minimum absolute atomic E-state index is 0.0773. The summed E-state index contributed by atoms with van der Waals surface area (Å²) in [5, 5.41) is 0. The minimum Gasteiger partial charge on any atom is -0.463 e. The van der Waals surface area contributed by atoms with Gasteiger partial charge in [0.2, 0.25) is 0 Å². The third kappa shape index (κ3) is 9.43. The molecule has 0 saturated heterocycles. The van der Waals surface area contributed by atoms with E-state index in [1.807, 2.05) is 20.8 Å². The monoisotopic (exact) mass is 326 g/mol. The van der Waals surface area contributed by atoms with Crippen LogP contribution in [0.4, 0.5) is 0 Å². The Bertz CT molecular complexity index is 318. The van der Waals surface area contributed by atoms with Crippen molar-refractivity contribution in [2.45, 2.75) is 76.3 Å². The van der Waals surface area contributed by atoms with Crippen LogP contribution in [-0.2, 0) is 19.1 Å². The van der Waals surface area contributed by atoms with Gasteiger partial charge < -0.3 is 9.47 Å². The number of ether oxygens (including phenoxy) is 2. The average Bonchev–Trinajstić information content (AvgIpc) is 2.35. The number of alkyl halides is 2. The lowest BCUT2D eigenvalue weighted by Gasteiger charge is -2.20. The van der Waals surface area contributed by atoms with E-state index in [-0.39, 0.29) is 37.4 Å². The van der Waals surface area contributed by atoms with Crippen molar-refractivity contribution in [1.29, 1.82) is 0 Å². The van der Waals surface area contributed by atoms with E-state index in [9.17, 15) is 9.59 Å². The molecule has 0 bridgehead atoms. The number of halogens is 2. The number of esters is 2. The third-order valence-corrected chi connectivity index (χ3v) is 3.56. The second-order valence-corrected chi connectivity index (χ2v) is 6.59. The molecule has 0 aliphatic rings. The normalized spacial score (nSPS) is 14.5. The molecule has 2 atom stereocenters. The summed E-state index contributed by atoms with van der Waals surface area (Å²) in [7, 11) is 0. The highest BCUT2D eigenvalue weighted by atomic mass is 35.5. The van der Waals surface area contributed by atoms with Gasteiger partial charge in [-0.3, -0.25) is 9.59 Å². The number of hydrogen-bond donors (Lipinski definition) is 0. The molecule has 0 saturated carbocycles. The van der Waals surface area contributed by atoms with Crippen LogP contribution < -0.4 is 0 Å². The van der Waals surface area contributed by atoms with Crippen LogP contribution in [0.2, 0.25) is 0 Å². The maximum atomic E-state index is 11.6. The van der Waals surface area contributed by atoms with Crippen molar-refractivity contribution in [3.05, 3.63) is 0 Å². The smallest absolute Gasteiger partial charge is 0.309 e. The first kappa shape index (κ1) is 19.5. The molecule has 0 rings (SSSR count). The van der Waals surface area contributed by atoms with E-state index >= 15 is 0 Å². The highest BCUT2D eigenvalue weighted by Gasteiger charge is 2.30. The first-order valence-corrected chi connectivity index (χ1v) is 7.72. The van der Waals surface area contributed by atoms with Gasteiger partial charge in [0, 0.05) is 6.42 Å². The second kappa shape index (κ2) is 9.46. The van der Waals surface area contributed by atoms with Crippen LogP contribution in [0, 0.1) is 0 Å². The zero-order valence-corrected chi connectivity index (χ0v) is 14.1.